The lowest BCUT2D eigenvalue weighted by atomic mass is 10.2. The van der Waals surface area contributed by atoms with E-state index in [1.165, 1.54) is 0 Å². The van der Waals surface area contributed by atoms with E-state index in [1.54, 1.807) is 7.05 Å². The Balaban J connectivity index is 2.22. The van der Waals surface area contributed by atoms with Crippen LogP contribution in [0.5, 0.6) is 0 Å². The fourth-order valence-electron chi connectivity index (χ4n) is 1.46. The first-order valence-electron chi connectivity index (χ1n) is 4.76. The van der Waals surface area contributed by atoms with Crippen LogP contribution in [0.3, 0.4) is 0 Å². The van der Waals surface area contributed by atoms with Crippen molar-refractivity contribution in [3.63, 3.8) is 0 Å². The zero-order valence-corrected chi connectivity index (χ0v) is 8.38. The van der Waals surface area contributed by atoms with Crippen molar-refractivity contribution in [1.82, 2.24) is 10.2 Å². The molecular formula is C9H18N2O2. The number of hydrogen-bond acceptors (Lipinski definition) is 3. The summed E-state index contributed by atoms with van der Waals surface area (Å²) in [5.74, 6) is 0.110. The Bertz CT molecular complexity index is 173. The van der Waals surface area contributed by atoms with Crippen LogP contribution in [0.4, 0.5) is 0 Å². The Morgan fingerprint density at radius 3 is 3.08 bits per heavy atom. The summed E-state index contributed by atoms with van der Waals surface area (Å²) >= 11 is 0. The van der Waals surface area contributed by atoms with Crippen LogP contribution in [-0.2, 0) is 9.53 Å². The number of carbonyl (C=O) groups is 1. The third-order valence-electron chi connectivity index (χ3n) is 2.41. The van der Waals surface area contributed by atoms with Gasteiger partial charge in [0.25, 0.3) is 0 Å². The molecule has 0 aliphatic carbocycles. The summed E-state index contributed by atoms with van der Waals surface area (Å²) in [5, 5.41) is 2.62. The first-order valence-corrected chi connectivity index (χ1v) is 4.76. The van der Waals surface area contributed by atoms with Gasteiger partial charge in [0.15, 0.2) is 0 Å². The molecule has 1 aliphatic heterocycles. The molecule has 1 rings (SSSR count). The SMILES string of the molecule is CNC(=O)CCN1CCOC[C@H]1C. The molecular weight excluding hydrogens is 168 g/mol. The van der Waals surface area contributed by atoms with Crippen molar-refractivity contribution in [2.45, 2.75) is 19.4 Å². The molecule has 1 fully saturated rings. The van der Waals surface area contributed by atoms with Crippen molar-refractivity contribution >= 4 is 5.91 Å². The topological polar surface area (TPSA) is 41.6 Å². The van der Waals surface area contributed by atoms with E-state index < -0.39 is 0 Å². The van der Waals surface area contributed by atoms with E-state index in [0.717, 1.165) is 26.3 Å². The van der Waals surface area contributed by atoms with Crippen molar-refractivity contribution < 1.29 is 9.53 Å². The molecule has 1 aliphatic rings. The Kier molecular flexibility index (Phi) is 4.18. The summed E-state index contributed by atoms with van der Waals surface area (Å²) in [5.41, 5.74) is 0. The zero-order valence-electron chi connectivity index (χ0n) is 8.38. The summed E-state index contributed by atoms with van der Waals surface area (Å²) in [4.78, 5) is 13.3. The largest absolute Gasteiger partial charge is 0.379 e. The van der Waals surface area contributed by atoms with Crippen molar-refractivity contribution in [3.8, 4) is 0 Å². The van der Waals surface area contributed by atoms with Crippen molar-refractivity contribution in [3.05, 3.63) is 0 Å². The van der Waals surface area contributed by atoms with E-state index in [1.807, 2.05) is 0 Å². The summed E-state index contributed by atoms with van der Waals surface area (Å²) in [6.07, 6.45) is 0.584. The van der Waals surface area contributed by atoms with E-state index >= 15 is 0 Å². The summed E-state index contributed by atoms with van der Waals surface area (Å²) < 4.78 is 5.30. The van der Waals surface area contributed by atoms with Gasteiger partial charge in [-0.3, -0.25) is 9.69 Å². The molecule has 0 unspecified atom stereocenters. The number of rotatable bonds is 3. The highest BCUT2D eigenvalue weighted by molar-refractivity contribution is 5.75. The molecule has 0 aromatic heterocycles. The van der Waals surface area contributed by atoms with Gasteiger partial charge in [0.2, 0.25) is 5.91 Å². The number of nitrogens with zero attached hydrogens (tertiary/aromatic N) is 1. The first kappa shape index (κ1) is 10.5. The van der Waals surface area contributed by atoms with Crippen LogP contribution in [0.2, 0.25) is 0 Å². The molecule has 1 atom stereocenters. The maximum atomic E-state index is 11.0. The second-order valence-electron chi connectivity index (χ2n) is 3.38. The Hall–Kier alpha value is -0.610. The number of morpholine rings is 1. The average molecular weight is 186 g/mol. The van der Waals surface area contributed by atoms with Crippen molar-refractivity contribution in [1.29, 1.82) is 0 Å². The lowest BCUT2D eigenvalue weighted by Crippen LogP contribution is -2.44. The molecule has 13 heavy (non-hydrogen) atoms. The van der Waals surface area contributed by atoms with Gasteiger partial charge in [0.1, 0.15) is 0 Å². The minimum Gasteiger partial charge on any atom is -0.379 e. The van der Waals surface area contributed by atoms with Gasteiger partial charge in [-0.05, 0) is 6.92 Å². The van der Waals surface area contributed by atoms with E-state index in [9.17, 15) is 4.79 Å². The molecule has 0 aromatic rings. The number of carbonyl (C=O) groups excluding carboxylic acids is 1. The molecule has 1 heterocycles. The molecule has 1 N–H and O–H groups in total. The van der Waals surface area contributed by atoms with Crippen LogP contribution in [0.15, 0.2) is 0 Å². The van der Waals surface area contributed by atoms with Gasteiger partial charge in [0, 0.05) is 32.6 Å². The predicted octanol–water partition coefficient (Wildman–Crippen LogP) is -0.157. The van der Waals surface area contributed by atoms with Crippen LogP contribution in [0, 0.1) is 0 Å². The van der Waals surface area contributed by atoms with E-state index in [2.05, 4.69) is 17.1 Å². The third kappa shape index (κ3) is 3.32. The summed E-state index contributed by atoms with van der Waals surface area (Å²) in [6, 6.07) is 0.443. The molecule has 1 amide bonds. The third-order valence-corrected chi connectivity index (χ3v) is 2.41. The number of nitrogens with one attached hydrogen (secondary N) is 1. The van der Waals surface area contributed by atoms with Gasteiger partial charge < -0.3 is 10.1 Å². The Morgan fingerprint density at radius 2 is 2.46 bits per heavy atom. The molecule has 0 radical (unpaired) electrons. The van der Waals surface area contributed by atoms with Gasteiger partial charge in [-0.1, -0.05) is 0 Å². The molecule has 0 bridgehead atoms. The van der Waals surface area contributed by atoms with Gasteiger partial charge >= 0.3 is 0 Å². The highest BCUT2D eigenvalue weighted by Crippen LogP contribution is 2.06. The van der Waals surface area contributed by atoms with Crippen LogP contribution in [-0.4, -0.2) is 50.2 Å². The quantitative estimate of drug-likeness (QED) is 0.666. The molecule has 1 saturated heterocycles. The number of hydrogen-bond donors (Lipinski definition) is 1. The van der Waals surface area contributed by atoms with Crippen LogP contribution >= 0.6 is 0 Å². The van der Waals surface area contributed by atoms with Crippen molar-refractivity contribution in [2.24, 2.45) is 0 Å². The van der Waals surface area contributed by atoms with E-state index in [-0.39, 0.29) is 5.91 Å². The highest BCUT2D eigenvalue weighted by Gasteiger charge is 2.18. The van der Waals surface area contributed by atoms with E-state index in [4.69, 9.17) is 4.74 Å². The molecule has 0 saturated carbocycles. The van der Waals surface area contributed by atoms with Crippen LogP contribution in [0.1, 0.15) is 13.3 Å². The molecule has 76 valence electrons. The number of amides is 1. The second kappa shape index (κ2) is 5.19. The monoisotopic (exact) mass is 186 g/mol. The van der Waals surface area contributed by atoms with Gasteiger partial charge in [-0.25, -0.2) is 0 Å². The van der Waals surface area contributed by atoms with Crippen molar-refractivity contribution in [2.75, 3.05) is 33.4 Å². The second-order valence-corrected chi connectivity index (χ2v) is 3.38. The van der Waals surface area contributed by atoms with Gasteiger partial charge in [-0.15, -0.1) is 0 Å². The van der Waals surface area contributed by atoms with E-state index in [0.29, 0.717) is 12.5 Å². The Morgan fingerprint density at radius 1 is 1.69 bits per heavy atom. The molecule has 4 heteroatoms. The lowest BCUT2D eigenvalue weighted by Gasteiger charge is -2.32. The first-order chi connectivity index (χ1) is 6.24. The smallest absolute Gasteiger partial charge is 0.221 e. The maximum absolute atomic E-state index is 11.0. The number of ether oxygens (including phenoxy) is 1. The predicted molar refractivity (Wildman–Crippen MR) is 50.5 cm³/mol. The zero-order chi connectivity index (χ0) is 9.68. The van der Waals surface area contributed by atoms with Gasteiger partial charge in [-0.2, -0.15) is 0 Å². The molecule has 0 spiro atoms. The standard InChI is InChI=1S/C9H18N2O2/c1-8-7-13-6-5-11(8)4-3-9(12)10-2/h8H,3-7H2,1-2H3,(H,10,12)/t8-/m1/s1. The maximum Gasteiger partial charge on any atom is 0.221 e. The molecule has 4 nitrogen and oxygen atoms in total. The minimum atomic E-state index is 0.110. The average Bonchev–Trinajstić information content (AvgIpc) is 2.16. The highest BCUT2D eigenvalue weighted by atomic mass is 16.5. The van der Waals surface area contributed by atoms with Crippen LogP contribution in [0.25, 0.3) is 0 Å². The van der Waals surface area contributed by atoms with Gasteiger partial charge in [0.05, 0.1) is 13.2 Å². The summed E-state index contributed by atoms with van der Waals surface area (Å²) in [7, 11) is 1.67. The fraction of sp³-hybridized carbons (Fsp3) is 0.889. The summed E-state index contributed by atoms with van der Waals surface area (Å²) in [6.45, 7) is 5.48. The molecule has 0 aromatic carbocycles. The normalized spacial score (nSPS) is 24.3. The fourth-order valence-corrected chi connectivity index (χ4v) is 1.46. The lowest BCUT2D eigenvalue weighted by molar-refractivity contribution is -0.121. The Labute approximate surface area is 79.2 Å². The van der Waals surface area contributed by atoms with Crippen LogP contribution < -0.4 is 5.32 Å². The minimum absolute atomic E-state index is 0.110.